The maximum Gasteiger partial charge on any atom is 0.257 e. The zero-order chi connectivity index (χ0) is 12.4. The van der Waals surface area contributed by atoms with Gasteiger partial charge in [0.25, 0.3) is 5.91 Å². The summed E-state index contributed by atoms with van der Waals surface area (Å²) in [5.74, 6) is -0.972. The molecule has 1 aliphatic rings. The molecule has 2 rings (SSSR count). The zero-order valence-electron chi connectivity index (χ0n) is 9.73. The Morgan fingerprint density at radius 2 is 2.28 bits per heavy atom. The number of likely N-dealkylation sites (tertiary alicyclic amines) is 1. The van der Waals surface area contributed by atoms with Crippen LogP contribution in [0.25, 0.3) is 0 Å². The average molecular weight is 293 g/mol. The second-order valence-corrected chi connectivity index (χ2v) is 4.54. The van der Waals surface area contributed by atoms with E-state index in [1.807, 2.05) is 0 Å². The van der Waals surface area contributed by atoms with Gasteiger partial charge in [-0.2, -0.15) is 0 Å². The summed E-state index contributed by atoms with van der Waals surface area (Å²) in [4.78, 5) is 13.8. The summed E-state index contributed by atoms with van der Waals surface area (Å²) in [5, 5.41) is -0.0284. The fourth-order valence-corrected chi connectivity index (χ4v) is 2.35. The lowest BCUT2D eigenvalue weighted by molar-refractivity contribution is 0.0736. The molecule has 1 fully saturated rings. The number of rotatable bonds is 2. The first kappa shape index (κ1) is 15.2. The standard InChI is InChI=1S/C12H14ClFN2O.ClH/c13-10-5-1-4-9(11(10)14)12(17)16-6-2-3-8(16)7-15;/h1,4-5,8H,2-3,6-7,15H2;1H. The Morgan fingerprint density at radius 3 is 2.94 bits per heavy atom. The molecule has 6 heteroatoms. The van der Waals surface area contributed by atoms with E-state index >= 15 is 0 Å². The van der Waals surface area contributed by atoms with Gasteiger partial charge in [-0.25, -0.2) is 4.39 Å². The number of benzene rings is 1. The van der Waals surface area contributed by atoms with Gasteiger partial charge in [-0.05, 0) is 25.0 Å². The number of amides is 1. The summed E-state index contributed by atoms with van der Waals surface area (Å²) in [6.45, 7) is 1.04. The minimum atomic E-state index is -0.651. The van der Waals surface area contributed by atoms with Crippen molar-refractivity contribution in [3.05, 3.63) is 34.6 Å². The highest BCUT2D eigenvalue weighted by atomic mass is 35.5. The molecular weight excluding hydrogens is 278 g/mol. The average Bonchev–Trinajstić information content (AvgIpc) is 2.80. The van der Waals surface area contributed by atoms with E-state index < -0.39 is 5.82 Å². The van der Waals surface area contributed by atoms with Gasteiger partial charge in [-0.1, -0.05) is 17.7 Å². The third-order valence-corrected chi connectivity index (χ3v) is 3.38. The number of carbonyl (C=O) groups excluding carboxylic acids is 1. The van der Waals surface area contributed by atoms with E-state index in [0.29, 0.717) is 13.1 Å². The van der Waals surface area contributed by atoms with Gasteiger partial charge in [0.15, 0.2) is 5.82 Å². The first-order valence-corrected chi connectivity index (χ1v) is 5.98. The van der Waals surface area contributed by atoms with Crippen LogP contribution in [0.3, 0.4) is 0 Å². The Balaban J connectivity index is 0.00000162. The number of nitrogens with zero attached hydrogens (tertiary/aromatic N) is 1. The zero-order valence-corrected chi connectivity index (χ0v) is 11.3. The van der Waals surface area contributed by atoms with E-state index in [9.17, 15) is 9.18 Å². The predicted octanol–water partition coefficient (Wildman–Crippen LogP) is 2.46. The molecule has 100 valence electrons. The molecule has 1 aliphatic heterocycles. The number of hydrogen-bond acceptors (Lipinski definition) is 2. The molecule has 0 spiro atoms. The Kier molecular flexibility index (Phi) is 5.38. The van der Waals surface area contributed by atoms with Gasteiger partial charge in [-0.15, -0.1) is 12.4 Å². The van der Waals surface area contributed by atoms with E-state index in [2.05, 4.69) is 0 Å². The molecule has 3 nitrogen and oxygen atoms in total. The molecule has 0 aromatic heterocycles. The lowest BCUT2D eigenvalue weighted by atomic mass is 10.1. The van der Waals surface area contributed by atoms with Crippen LogP contribution in [0.15, 0.2) is 18.2 Å². The number of halogens is 3. The molecule has 1 unspecified atom stereocenters. The lowest BCUT2D eigenvalue weighted by Gasteiger charge is -2.23. The molecule has 1 aromatic carbocycles. The van der Waals surface area contributed by atoms with Gasteiger partial charge < -0.3 is 10.6 Å². The highest BCUT2D eigenvalue weighted by molar-refractivity contribution is 6.31. The molecule has 1 saturated heterocycles. The molecule has 0 saturated carbocycles. The van der Waals surface area contributed by atoms with Crippen molar-refractivity contribution in [3.8, 4) is 0 Å². The van der Waals surface area contributed by atoms with E-state index in [-0.39, 0.29) is 34.9 Å². The normalized spacial score (nSPS) is 18.6. The maximum atomic E-state index is 13.7. The molecule has 1 amide bonds. The van der Waals surface area contributed by atoms with Gasteiger partial charge in [-0.3, -0.25) is 4.79 Å². The molecular formula is C12H15Cl2FN2O. The number of carbonyl (C=O) groups is 1. The SMILES string of the molecule is Cl.NCC1CCCN1C(=O)c1cccc(Cl)c1F. The Hall–Kier alpha value is -0.840. The fraction of sp³-hybridized carbons (Fsp3) is 0.417. The van der Waals surface area contributed by atoms with Crippen LogP contribution in [-0.2, 0) is 0 Å². The van der Waals surface area contributed by atoms with Crippen molar-refractivity contribution in [1.29, 1.82) is 0 Å². The Bertz CT molecular complexity index is 442. The fourth-order valence-electron chi connectivity index (χ4n) is 2.17. The van der Waals surface area contributed by atoms with Crippen LogP contribution < -0.4 is 5.73 Å². The maximum absolute atomic E-state index is 13.7. The Labute approximate surface area is 116 Å². The molecule has 1 heterocycles. The second-order valence-electron chi connectivity index (χ2n) is 4.13. The molecule has 2 N–H and O–H groups in total. The van der Waals surface area contributed by atoms with Crippen LogP contribution in [-0.4, -0.2) is 29.9 Å². The van der Waals surface area contributed by atoms with Crippen LogP contribution in [0.1, 0.15) is 23.2 Å². The van der Waals surface area contributed by atoms with Crippen molar-refractivity contribution < 1.29 is 9.18 Å². The molecule has 0 radical (unpaired) electrons. The smallest absolute Gasteiger partial charge is 0.257 e. The summed E-state index contributed by atoms with van der Waals surface area (Å²) in [5.41, 5.74) is 5.62. The monoisotopic (exact) mass is 292 g/mol. The van der Waals surface area contributed by atoms with Gasteiger partial charge in [0.2, 0.25) is 0 Å². The quantitative estimate of drug-likeness (QED) is 0.910. The topological polar surface area (TPSA) is 46.3 Å². The van der Waals surface area contributed by atoms with Gasteiger partial charge >= 0.3 is 0 Å². The molecule has 0 aliphatic carbocycles. The third kappa shape index (κ3) is 2.76. The third-order valence-electron chi connectivity index (χ3n) is 3.09. The van der Waals surface area contributed by atoms with E-state index in [0.717, 1.165) is 12.8 Å². The van der Waals surface area contributed by atoms with Crippen LogP contribution in [0.2, 0.25) is 5.02 Å². The highest BCUT2D eigenvalue weighted by Crippen LogP contribution is 2.23. The number of hydrogen-bond donors (Lipinski definition) is 1. The Morgan fingerprint density at radius 1 is 1.56 bits per heavy atom. The van der Waals surface area contributed by atoms with Crippen molar-refractivity contribution in [2.24, 2.45) is 5.73 Å². The van der Waals surface area contributed by atoms with Crippen molar-refractivity contribution >= 4 is 29.9 Å². The molecule has 18 heavy (non-hydrogen) atoms. The summed E-state index contributed by atoms with van der Waals surface area (Å²) in [6.07, 6.45) is 1.79. The first-order valence-electron chi connectivity index (χ1n) is 5.60. The summed E-state index contributed by atoms with van der Waals surface area (Å²) < 4.78 is 13.7. The summed E-state index contributed by atoms with van der Waals surface area (Å²) in [6, 6.07) is 4.47. The van der Waals surface area contributed by atoms with Crippen molar-refractivity contribution in [1.82, 2.24) is 4.90 Å². The van der Waals surface area contributed by atoms with E-state index in [1.165, 1.54) is 12.1 Å². The van der Waals surface area contributed by atoms with E-state index in [4.69, 9.17) is 17.3 Å². The van der Waals surface area contributed by atoms with E-state index in [1.54, 1.807) is 11.0 Å². The van der Waals surface area contributed by atoms with Gasteiger partial charge in [0, 0.05) is 19.1 Å². The minimum absolute atomic E-state index is 0. The summed E-state index contributed by atoms with van der Waals surface area (Å²) >= 11 is 5.66. The van der Waals surface area contributed by atoms with Gasteiger partial charge in [0.05, 0.1) is 10.6 Å². The summed E-state index contributed by atoms with van der Waals surface area (Å²) in [7, 11) is 0. The first-order chi connectivity index (χ1) is 8.15. The van der Waals surface area contributed by atoms with Crippen LogP contribution in [0.4, 0.5) is 4.39 Å². The largest absolute Gasteiger partial charge is 0.334 e. The molecule has 1 atom stereocenters. The van der Waals surface area contributed by atoms with Crippen LogP contribution in [0.5, 0.6) is 0 Å². The van der Waals surface area contributed by atoms with Crippen molar-refractivity contribution in [2.45, 2.75) is 18.9 Å². The molecule has 0 bridgehead atoms. The van der Waals surface area contributed by atoms with Crippen molar-refractivity contribution in [2.75, 3.05) is 13.1 Å². The van der Waals surface area contributed by atoms with Gasteiger partial charge in [0.1, 0.15) is 0 Å². The minimum Gasteiger partial charge on any atom is -0.334 e. The van der Waals surface area contributed by atoms with Crippen molar-refractivity contribution in [3.63, 3.8) is 0 Å². The van der Waals surface area contributed by atoms with Crippen LogP contribution >= 0.6 is 24.0 Å². The lowest BCUT2D eigenvalue weighted by Crippen LogP contribution is -2.40. The second kappa shape index (κ2) is 6.36. The van der Waals surface area contributed by atoms with Crippen LogP contribution in [0, 0.1) is 5.82 Å². The number of nitrogens with two attached hydrogens (primary N) is 1. The highest BCUT2D eigenvalue weighted by Gasteiger charge is 2.29. The predicted molar refractivity (Wildman–Crippen MR) is 71.8 cm³/mol. The molecule has 1 aromatic rings.